The van der Waals surface area contributed by atoms with E-state index in [1.807, 2.05) is 0 Å². The van der Waals surface area contributed by atoms with Gasteiger partial charge in [-0.25, -0.2) is 0 Å². The maximum absolute atomic E-state index is 12.5. The molecule has 0 aliphatic heterocycles. The number of fused-ring (bicyclic) bond motifs is 1. The Morgan fingerprint density at radius 2 is 2.06 bits per heavy atom. The summed E-state index contributed by atoms with van der Waals surface area (Å²) in [5.41, 5.74) is 1.02. The summed E-state index contributed by atoms with van der Waals surface area (Å²) in [6.45, 7) is 0.0123. The second-order valence-corrected chi connectivity index (χ2v) is 4.18. The van der Waals surface area contributed by atoms with Crippen molar-refractivity contribution in [2.75, 3.05) is 6.61 Å². The number of rotatable bonds is 1. The predicted octanol–water partition coefficient (Wildman–Crippen LogP) is 3.12. The zero-order valence-electron chi connectivity index (χ0n) is 8.72. The van der Waals surface area contributed by atoms with Crippen molar-refractivity contribution >= 4 is 0 Å². The first-order chi connectivity index (χ1) is 7.52. The van der Waals surface area contributed by atoms with Gasteiger partial charge in [0.1, 0.15) is 0 Å². The zero-order chi connectivity index (χ0) is 11.8. The Morgan fingerprint density at radius 1 is 1.31 bits per heavy atom. The van der Waals surface area contributed by atoms with Gasteiger partial charge in [0.25, 0.3) is 0 Å². The molecule has 2 rings (SSSR count). The summed E-state index contributed by atoms with van der Waals surface area (Å²) in [6, 6.07) is 3.84. The van der Waals surface area contributed by atoms with Gasteiger partial charge in [-0.3, -0.25) is 0 Å². The molecule has 1 atom stereocenters. The van der Waals surface area contributed by atoms with Crippen LogP contribution in [0.15, 0.2) is 18.2 Å². The minimum Gasteiger partial charge on any atom is -0.396 e. The normalized spacial score (nSPS) is 20.6. The van der Waals surface area contributed by atoms with Gasteiger partial charge in [0.05, 0.1) is 5.56 Å². The molecule has 1 aromatic rings. The number of hydrogen-bond donors (Lipinski definition) is 1. The maximum Gasteiger partial charge on any atom is 0.416 e. The molecule has 1 aliphatic rings. The fourth-order valence-electron chi connectivity index (χ4n) is 2.28. The van der Waals surface area contributed by atoms with Gasteiger partial charge in [-0.05, 0) is 42.5 Å². The molecule has 1 aromatic carbocycles. The lowest BCUT2D eigenvalue weighted by atomic mass is 9.82. The second kappa shape index (κ2) is 4.09. The molecule has 0 aromatic heterocycles. The average molecular weight is 230 g/mol. The Hall–Kier alpha value is -1.03. The monoisotopic (exact) mass is 230 g/mol. The van der Waals surface area contributed by atoms with Gasteiger partial charge >= 0.3 is 6.18 Å². The molecule has 1 aliphatic carbocycles. The van der Waals surface area contributed by atoms with E-state index in [1.165, 1.54) is 12.1 Å². The summed E-state index contributed by atoms with van der Waals surface area (Å²) >= 11 is 0. The Labute approximate surface area is 91.9 Å². The van der Waals surface area contributed by atoms with Gasteiger partial charge in [0.2, 0.25) is 0 Å². The van der Waals surface area contributed by atoms with Crippen molar-refractivity contribution < 1.29 is 18.3 Å². The minimum atomic E-state index is -4.28. The predicted molar refractivity (Wildman–Crippen MR) is 54.2 cm³/mol. The molecule has 88 valence electrons. The molecule has 0 fully saturated rings. The molecule has 0 heterocycles. The molecule has 1 unspecified atom stereocenters. The van der Waals surface area contributed by atoms with Crippen LogP contribution in [0.25, 0.3) is 0 Å². The van der Waals surface area contributed by atoms with Gasteiger partial charge in [-0.2, -0.15) is 13.2 Å². The van der Waals surface area contributed by atoms with Crippen LogP contribution in [0, 0.1) is 0 Å². The van der Waals surface area contributed by atoms with Crippen LogP contribution in [-0.2, 0) is 12.6 Å². The number of alkyl halides is 3. The van der Waals surface area contributed by atoms with E-state index in [2.05, 4.69) is 0 Å². The second-order valence-electron chi connectivity index (χ2n) is 4.18. The lowest BCUT2D eigenvalue weighted by Gasteiger charge is -2.24. The van der Waals surface area contributed by atoms with E-state index in [4.69, 9.17) is 5.11 Å². The van der Waals surface area contributed by atoms with Crippen molar-refractivity contribution in [2.45, 2.75) is 31.4 Å². The molecule has 1 N–H and O–H groups in total. The van der Waals surface area contributed by atoms with Gasteiger partial charge in [0, 0.05) is 12.5 Å². The highest BCUT2D eigenvalue weighted by Gasteiger charge is 2.32. The van der Waals surface area contributed by atoms with E-state index in [0.717, 1.165) is 30.0 Å². The number of halogens is 3. The summed E-state index contributed by atoms with van der Waals surface area (Å²) in [5.74, 6) is 0.00559. The van der Waals surface area contributed by atoms with Crippen molar-refractivity contribution in [3.63, 3.8) is 0 Å². The molecule has 16 heavy (non-hydrogen) atoms. The van der Waals surface area contributed by atoms with Crippen LogP contribution in [0.4, 0.5) is 13.2 Å². The van der Waals surface area contributed by atoms with E-state index in [0.29, 0.717) is 6.42 Å². The summed E-state index contributed by atoms with van der Waals surface area (Å²) in [6.07, 6.45) is -1.90. The third kappa shape index (κ3) is 2.07. The maximum atomic E-state index is 12.5. The van der Waals surface area contributed by atoms with E-state index in [9.17, 15) is 13.2 Å². The van der Waals surface area contributed by atoms with Crippen molar-refractivity contribution in [1.82, 2.24) is 0 Å². The average Bonchev–Trinajstić information content (AvgIpc) is 2.26. The lowest BCUT2D eigenvalue weighted by Crippen LogP contribution is -2.15. The fraction of sp³-hybridized carbons (Fsp3) is 0.500. The number of benzene rings is 1. The van der Waals surface area contributed by atoms with E-state index < -0.39 is 11.7 Å². The molecule has 0 saturated carbocycles. The van der Waals surface area contributed by atoms with Gasteiger partial charge in [-0.15, -0.1) is 0 Å². The standard InChI is InChI=1S/C12H13F3O/c13-12(14,15)10-4-5-11-8(6-10)2-1-3-9(11)7-16/h4-6,9,16H,1-3,7H2. The zero-order valence-corrected chi connectivity index (χ0v) is 8.72. The summed E-state index contributed by atoms with van der Waals surface area (Å²) in [5, 5.41) is 9.14. The Kier molecular flexibility index (Phi) is 2.93. The van der Waals surface area contributed by atoms with E-state index in [1.54, 1.807) is 0 Å². The molecular weight excluding hydrogens is 217 g/mol. The SMILES string of the molecule is OCC1CCCc2cc(C(F)(F)F)ccc21. The van der Waals surface area contributed by atoms with Crippen LogP contribution in [-0.4, -0.2) is 11.7 Å². The topological polar surface area (TPSA) is 20.2 Å². The highest BCUT2D eigenvalue weighted by molar-refractivity contribution is 5.37. The highest BCUT2D eigenvalue weighted by Crippen LogP contribution is 2.36. The van der Waals surface area contributed by atoms with Crippen LogP contribution < -0.4 is 0 Å². The largest absolute Gasteiger partial charge is 0.416 e. The molecule has 0 saturated heterocycles. The lowest BCUT2D eigenvalue weighted by molar-refractivity contribution is -0.137. The first-order valence-electron chi connectivity index (χ1n) is 5.33. The Morgan fingerprint density at radius 3 is 2.69 bits per heavy atom. The molecule has 0 spiro atoms. The number of aliphatic hydroxyl groups is 1. The van der Waals surface area contributed by atoms with Crippen molar-refractivity contribution in [3.05, 3.63) is 34.9 Å². The van der Waals surface area contributed by atoms with Crippen molar-refractivity contribution in [3.8, 4) is 0 Å². The van der Waals surface area contributed by atoms with Gasteiger partial charge < -0.3 is 5.11 Å². The quantitative estimate of drug-likeness (QED) is 0.785. The summed E-state index contributed by atoms with van der Waals surface area (Å²) < 4.78 is 37.5. The molecular formula is C12H13F3O. The summed E-state index contributed by atoms with van der Waals surface area (Å²) in [4.78, 5) is 0. The summed E-state index contributed by atoms with van der Waals surface area (Å²) in [7, 11) is 0. The first kappa shape index (κ1) is 11.5. The van der Waals surface area contributed by atoms with Crippen molar-refractivity contribution in [1.29, 1.82) is 0 Å². The molecule has 0 radical (unpaired) electrons. The number of hydrogen-bond acceptors (Lipinski definition) is 1. The van der Waals surface area contributed by atoms with Crippen LogP contribution in [0.1, 0.15) is 35.4 Å². The smallest absolute Gasteiger partial charge is 0.396 e. The van der Waals surface area contributed by atoms with Crippen LogP contribution >= 0.6 is 0 Å². The highest BCUT2D eigenvalue weighted by atomic mass is 19.4. The molecule has 0 amide bonds. The van der Waals surface area contributed by atoms with Gasteiger partial charge in [0.15, 0.2) is 0 Å². The third-order valence-electron chi connectivity index (χ3n) is 3.13. The third-order valence-corrected chi connectivity index (χ3v) is 3.13. The van der Waals surface area contributed by atoms with E-state index >= 15 is 0 Å². The number of aliphatic hydroxyl groups excluding tert-OH is 1. The minimum absolute atomic E-state index is 0.00559. The first-order valence-corrected chi connectivity index (χ1v) is 5.33. The van der Waals surface area contributed by atoms with Crippen LogP contribution in [0.2, 0.25) is 0 Å². The Bertz CT molecular complexity index is 384. The van der Waals surface area contributed by atoms with E-state index in [-0.39, 0.29) is 12.5 Å². The molecule has 1 nitrogen and oxygen atoms in total. The molecule has 0 bridgehead atoms. The van der Waals surface area contributed by atoms with Crippen molar-refractivity contribution in [2.24, 2.45) is 0 Å². The fourth-order valence-corrected chi connectivity index (χ4v) is 2.28. The van der Waals surface area contributed by atoms with Crippen LogP contribution in [0.3, 0.4) is 0 Å². The van der Waals surface area contributed by atoms with Gasteiger partial charge in [-0.1, -0.05) is 6.07 Å². The number of aryl methyl sites for hydroxylation is 1. The Balaban J connectivity index is 2.39. The molecule has 4 heteroatoms. The van der Waals surface area contributed by atoms with Crippen LogP contribution in [0.5, 0.6) is 0 Å².